The molecule has 0 aliphatic carbocycles. The number of carbonyl (C=O) groups is 1. The lowest BCUT2D eigenvalue weighted by Gasteiger charge is -2.05. The number of aromatic nitrogens is 4. The first-order valence-electron chi connectivity index (χ1n) is 7.80. The summed E-state index contributed by atoms with van der Waals surface area (Å²) in [5.74, 6) is -0.737. The van der Waals surface area contributed by atoms with Gasteiger partial charge in [0, 0.05) is 29.6 Å². The van der Waals surface area contributed by atoms with Gasteiger partial charge in [0.15, 0.2) is 0 Å². The molecule has 1 amide bonds. The molecule has 0 aliphatic rings. The quantitative estimate of drug-likeness (QED) is 0.619. The van der Waals surface area contributed by atoms with Crippen LogP contribution in [0.1, 0.15) is 16.8 Å². The molecule has 3 rings (SSSR count). The third-order valence-corrected chi connectivity index (χ3v) is 3.79. The van der Waals surface area contributed by atoms with Crippen molar-refractivity contribution in [1.29, 1.82) is 0 Å². The third-order valence-electron chi connectivity index (χ3n) is 3.79. The number of hydrogen-bond acceptors (Lipinski definition) is 4. The van der Waals surface area contributed by atoms with E-state index in [1.165, 1.54) is 16.8 Å². The number of aryl methyl sites for hydroxylation is 1. The Labute approximate surface area is 146 Å². The van der Waals surface area contributed by atoms with E-state index < -0.39 is 11.2 Å². The van der Waals surface area contributed by atoms with Gasteiger partial charge in [-0.05, 0) is 25.1 Å². The zero-order chi connectivity index (χ0) is 18.7. The summed E-state index contributed by atoms with van der Waals surface area (Å²) < 4.78 is 14.8. The number of rotatable bonds is 5. The van der Waals surface area contributed by atoms with Crippen LogP contribution in [0.4, 0.5) is 4.39 Å². The van der Waals surface area contributed by atoms with Gasteiger partial charge in [-0.15, -0.1) is 0 Å². The number of carbonyl (C=O) groups excluding carboxylic acids is 1. The molecule has 2 heterocycles. The Hall–Kier alpha value is -3.49. The molecule has 0 aliphatic heterocycles. The summed E-state index contributed by atoms with van der Waals surface area (Å²) in [7, 11) is 0. The van der Waals surface area contributed by atoms with Crippen molar-refractivity contribution >= 4 is 5.91 Å². The van der Waals surface area contributed by atoms with Crippen LogP contribution < -0.4 is 16.6 Å². The topological polar surface area (TPSA) is 113 Å². The van der Waals surface area contributed by atoms with Gasteiger partial charge < -0.3 is 10.3 Å². The van der Waals surface area contributed by atoms with Crippen LogP contribution in [0.25, 0.3) is 5.69 Å². The number of hydrogen-bond donors (Lipinski definition) is 3. The molecule has 134 valence electrons. The van der Waals surface area contributed by atoms with Gasteiger partial charge in [0.1, 0.15) is 5.82 Å². The highest BCUT2D eigenvalue weighted by Gasteiger charge is 2.11. The van der Waals surface area contributed by atoms with Crippen molar-refractivity contribution in [3.8, 4) is 5.69 Å². The van der Waals surface area contributed by atoms with Crippen molar-refractivity contribution in [1.82, 2.24) is 25.1 Å². The number of H-pyrrole nitrogens is 2. The molecule has 0 atom stereocenters. The van der Waals surface area contributed by atoms with Crippen molar-refractivity contribution in [3.63, 3.8) is 0 Å². The van der Waals surface area contributed by atoms with E-state index in [4.69, 9.17) is 0 Å². The van der Waals surface area contributed by atoms with E-state index in [9.17, 15) is 18.8 Å². The second kappa shape index (κ2) is 7.18. The van der Waals surface area contributed by atoms with Crippen LogP contribution in [0.5, 0.6) is 0 Å². The number of nitrogens with zero attached hydrogens (tertiary/aromatic N) is 2. The Morgan fingerprint density at radius 3 is 2.85 bits per heavy atom. The minimum Gasteiger partial charge on any atom is -0.352 e. The highest BCUT2D eigenvalue weighted by molar-refractivity contribution is 5.78. The molecule has 0 unspecified atom stereocenters. The number of amides is 1. The molecule has 0 spiro atoms. The van der Waals surface area contributed by atoms with Crippen LogP contribution in [0.2, 0.25) is 0 Å². The largest absolute Gasteiger partial charge is 0.352 e. The molecule has 9 heteroatoms. The number of nitrogens with one attached hydrogen (secondary N) is 3. The van der Waals surface area contributed by atoms with E-state index in [-0.39, 0.29) is 30.3 Å². The Bertz CT molecular complexity index is 1070. The molecule has 0 saturated carbocycles. The minimum absolute atomic E-state index is 0.157. The molecular weight excluding hydrogens is 341 g/mol. The predicted octanol–water partition coefficient (Wildman–Crippen LogP) is 0.555. The van der Waals surface area contributed by atoms with Gasteiger partial charge >= 0.3 is 5.69 Å². The Morgan fingerprint density at radius 2 is 2.12 bits per heavy atom. The predicted molar refractivity (Wildman–Crippen MR) is 91.5 cm³/mol. The van der Waals surface area contributed by atoms with Crippen molar-refractivity contribution in [2.45, 2.75) is 19.9 Å². The highest BCUT2D eigenvalue weighted by Crippen LogP contribution is 2.10. The Balaban J connectivity index is 1.64. The normalized spacial score (nSPS) is 10.7. The first-order chi connectivity index (χ1) is 12.4. The molecule has 1 aromatic carbocycles. The maximum Gasteiger partial charge on any atom is 0.325 e. The van der Waals surface area contributed by atoms with Crippen LogP contribution in [0.15, 0.2) is 46.2 Å². The van der Waals surface area contributed by atoms with Crippen molar-refractivity contribution in [2.24, 2.45) is 0 Å². The second-order valence-electron chi connectivity index (χ2n) is 5.74. The van der Waals surface area contributed by atoms with E-state index in [1.807, 2.05) is 0 Å². The lowest BCUT2D eigenvalue weighted by molar-refractivity contribution is -0.120. The van der Waals surface area contributed by atoms with E-state index in [0.717, 1.165) is 5.56 Å². The summed E-state index contributed by atoms with van der Waals surface area (Å²) in [4.78, 5) is 39.5. The average Bonchev–Trinajstić information content (AvgIpc) is 3.05. The lowest BCUT2D eigenvalue weighted by atomic mass is 10.1. The van der Waals surface area contributed by atoms with Gasteiger partial charge in [-0.1, -0.05) is 6.07 Å². The summed E-state index contributed by atoms with van der Waals surface area (Å²) in [5, 5.41) is 6.81. The minimum atomic E-state index is -0.610. The maximum atomic E-state index is 13.3. The third kappa shape index (κ3) is 3.94. The molecule has 0 radical (unpaired) electrons. The fourth-order valence-electron chi connectivity index (χ4n) is 2.47. The molecule has 2 aromatic heterocycles. The Morgan fingerprint density at radius 1 is 1.31 bits per heavy atom. The molecule has 3 N–H and O–H groups in total. The standard InChI is InChI=1S/C17H16FN5O3/c1-10-14(16(25)22-17(26)21-10)6-15(24)19-7-11-8-20-23(9-11)13-4-2-3-12(18)5-13/h2-5,8-9H,6-7H2,1H3,(H,19,24)(H2,21,22,25,26). The molecule has 0 fully saturated rings. The van der Waals surface area contributed by atoms with Gasteiger partial charge in [-0.25, -0.2) is 13.9 Å². The lowest BCUT2D eigenvalue weighted by Crippen LogP contribution is -2.32. The molecule has 26 heavy (non-hydrogen) atoms. The van der Waals surface area contributed by atoms with Gasteiger partial charge in [0.25, 0.3) is 5.56 Å². The Kier molecular flexibility index (Phi) is 4.78. The van der Waals surface area contributed by atoms with E-state index >= 15 is 0 Å². The summed E-state index contributed by atoms with van der Waals surface area (Å²) in [6.07, 6.45) is 3.08. The molecular formula is C17H16FN5O3. The molecule has 0 saturated heterocycles. The van der Waals surface area contributed by atoms with Crippen LogP contribution >= 0.6 is 0 Å². The highest BCUT2D eigenvalue weighted by atomic mass is 19.1. The van der Waals surface area contributed by atoms with Crippen molar-refractivity contribution in [3.05, 3.63) is 80.1 Å². The van der Waals surface area contributed by atoms with Crippen molar-refractivity contribution < 1.29 is 9.18 Å². The van der Waals surface area contributed by atoms with Crippen molar-refractivity contribution in [2.75, 3.05) is 0 Å². The number of aromatic amines is 2. The smallest absolute Gasteiger partial charge is 0.325 e. The van der Waals surface area contributed by atoms with Gasteiger partial charge in [0.05, 0.1) is 18.3 Å². The molecule has 0 bridgehead atoms. The summed E-state index contributed by atoms with van der Waals surface area (Å²) >= 11 is 0. The monoisotopic (exact) mass is 357 g/mol. The molecule has 8 nitrogen and oxygen atoms in total. The number of benzene rings is 1. The van der Waals surface area contributed by atoms with Crippen LogP contribution in [-0.2, 0) is 17.8 Å². The van der Waals surface area contributed by atoms with Gasteiger partial charge in [-0.3, -0.25) is 14.6 Å². The number of halogens is 1. The van der Waals surface area contributed by atoms with Crippen LogP contribution in [0, 0.1) is 12.7 Å². The maximum absolute atomic E-state index is 13.3. The van der Waals surface area contributed by atoms with Crippen LogP contribution in [-0.4, -0.2) is 25.7 Å². The SMILES string of the molecule is Cc1[nH]c(=O)[nH]c(=O)c1CC(=O)NCc1cnn(-c2cccc(F)c2)c1. The van der Waals surface area contributed by atoms with E-state index in [0.29, 0.717) is 11.4 Å². The summed E-state index contributed by atoms with van der Waals surface area (Å²) in [6, 6.07) is 5.98. The summed E-state index contributed by atoms with van der Waals surface area (Å²) in [6.45, 7) is 1.76. The first kappa shape index (κ1) is 17.3. The van der Waals surface area contributed by atoms with Gasteiger partial charge in [-0.2, -0.15) is 5.10 Å². The van der Waals surface area contributed by atoms with E-state index in [2.05, 4.69) is 20.4 Å². The van der Waals surface area contributed by atoms with Crippen LogP contribution in [0.3, 0.4) is 0 Å². The fourth-order valence-corrected chi connectivity index (χ4v) is 2.47. The zero-order valence-corrected chi connectivity index (χ0v) is 13.9. The first-order valence-corrected chi connectivity index (χ1v) is 7.80. The van der Waals surface area contributed by atoms with E-state index in [1.54, 1.807) is 31.5 Å². The summed E-state index contributed by atoms with van der Waals surface area (Å²) in [5.41, 5.74) is 0.653. The average molecular weight is 357 g/mol. The zero-order valence-electron chi connectivity index (χ0n) is 13.9. The van der Waals surface area contributed by atoms with Gasteiger partial charge in [0.2, 0.25) is 5.91 Å². The second-order valence-corrected chi connectivity index (χ2v) is 5.74. The fraction of sp³-hybridized carbons (Fsp3) is 0.176. The molecule has 3 aromatic rings.